The first-order valence-corrected chi connectivity index (χ1v) is 6.23. The van der Waals surface area contributed by atoms with Crippen molar-refractivity contribution in [3.05, 3.63) is 10.7 Å². The van der Waals surface area contributed by atoms with E-state index in [1.54, 1.807) is 27.7 Å². The average Bonchev–Trinajstić information content (AvgIpc) is 2.58. The fourth-order valence-electron chi connectivity index (χ4n) is 1.09. The van der Waals surface area contributed by atoms with Crippen molar-refractivity contribution in [3.63, 3.8) is 0 Å². The first kappa shape index (κ1) is 14.4. The SMILES string of the molecule is CCOC(=O)c1nc(C(=O)OC(C)(C)C)sc1N. The molecule has 18 heavy (non-hydrogen) atoms. The lowest BCUT2D eigenvalue weighted by Crippen LogP contribution is -2.23. The standard InChI is InChI=1S/C11H16N2O4S/c1-5-16-9(14)6-7(12)18-8(13-6)10(15)17-11(2,3)4/h5,12H2,1-4H3. The Bertz CT molecular complexity index is 462. The van der Waals surface area contributed by atoms with Crippen LogP contribution in [-0.4, -0.2) is 29.1 Å². The van der Waals surface area contributed by atoms with E-state index in [1.165, 1.54) is 0 Å². The van der Waals surface area contributed by atoms with Gasteiger partial charge in [-0.2, -0.15) is 0 Å². The normalized spacial score (nSPS) is 11.1. The van der Waals surface area contributed by atoms with E-state index in [-0.39, 0.29) is 22.3 Å². The van der Waals surface area contributed by atoms with Gasteiger partial charge in [-0.05, 0) is 27.7 Å². The number of anilines is 1. The predicted molar refractivity (Wildman–Crippen MR) is 67.7 cm³/mol. The quantitative estimate of drug-likeness (QED) is 0.844. The molecule has 0 radical (unpaired) electrons. The van der Waals surface area contributed by atoms with Crippen LogP contribution in [0.5, 0.6) is 0 Å². The van der Waals surface area contributed by atoms with Crippen molar-refractivity contribution >= 4 is 28.3 Å². The number of hydrogen-bond donors (Lipinski definition) is 1. The molecule has 1 rings (SSSR count). The zero-order valence-corrected chi connectivity index (χ0v) is 11.6. The van der Waals surface area contributed by atoms with Gasteiger partial charge in [0.2, 0.25) is 5.01 Å². The summed E-state index contributed by atoms with van der Waals surface area (Å²) in [6.45, 7) is 7.13. The third-order valence-electron chi connectivity index (χ3n) is 1.70. The molecule has 0 saturated heterocycles. The molecule has 0 aromatic carbocycles. The van der Waals surface area contributed by atoms with E-state index in [0.29, 0.717) is 0 Å². The number of thiazole rings is 1. The summed E-state index contributed by atoms with van der Waals surface area (Å²) in [5.74, 6) is -1.24. The molecule has 0 fully saturated rings. The van der Waals surface area contributed by atoms with E-state index in [1.807, 2.05) is 0 Å². The van der Waals surface area contributed by atoms with Crippen LogP contribution in [0.2, 0.25) is 0 Å². The first-order valence-electron chi connectivity index (χ1n) is 5.41. The van der Waals surface area contributed by atoms with E-state index in [2.05, 4.69) is 4.98 Å². The number of aromatic nitrogens is 1. The fraction of sp³-hybridized carbons (Fsp3) is 0.545. The van der Waals surface area contributed by atoms with Gasteiger partial charge in [-0.3, -0.25) is 0 Å². The molecule has 1 heterocycles. The molecule has 0 saturated carbocycles. The highest BCUT2D eigenvalue weighted by molar-refractivity contribution is 7.17. The Hall–Kier alpha value is -1.63. The van der Waals surface area contributed by atoms with Crippen LogP contribution in [-0.2, 0) is 9.47 Å². The van der Waals surface area contributed by atoms with E-state index in [0.717, 1.165) is 11.3 Å². The molecule has 0 spiro atoms. The molecule has 100 valence electrons. The highest BCUT2D eigenvalue weighted by atomic mass is 32.1. The molecular weight excluding hydrogens is 256 g/mol. The molecule has 2 N–H and O–H groups in total. The smallest absolute Gasteiger partial charge is 0.368 e. The average molecular weight is 272 g/mol. The first-order chi connectivity index (χ1) is 8.24. The second kappa shape index (κ2) is 5.34. The van der Waals surface area contributed by atoms with Crippen LogP contribution in [0.3, 0.4) is 0 Å². The Kier molecular flexibility index (Phi) is 4.28. The zero-order chi connectivity index (χ0) is 13.9. The molecule has 1 aromatic heterocycles. The number of esters is 2. The van der Waals surface area contributed by atoms with E-state index < -0.39 is 17.5 Å². The van der Waals surface area contributed by atoms with Crippen LogP contribution < -0.4 is 5.73 Å². The number of carbonyl (C=O) groups is 2. The molecular formula is C11H16N2O4S. The molecule has 0 atom stereocenters. The fourth-order valence-corrected chi connectivity index (χ4v) is 1.78. The monoisotopic (exact) mass is 272 g/mol. The second-order valence-electron chi connectivity index (χ2n) is 4.45. The van der Waals surface area contributed by atoms with Gasteiger partial charge in [0.05, 0.1) is 6.61 Å². The van der Waals surface area contributed by atoms with E-state index in [4.69, 9.17) is 15.2 Å². The third-order valence-corrected chi connectivity index (χ3v) is 2.56. The summed E-state index contributed by atoms with van der Waals surface area (Å²) >= 11 is 0.909. The summed E-state index contributed by atoms with van der Waals surface area (Å²) in [4.78, 5) is 27.1. The molecule has 7 heteroatoms. The van der Waals surface area contributed by atoms with Gasteiger partial charge >= 0.3 is 11.9 Å². The third kappa shape index (κ3) is 3.69. The van der Waals surface area contributed by atoms with Crippen LogP contribution in [0.25, 0.3) is 0 Å². The van der Waals surface area contributed by atoms with E-state index in [9.17, 15) is 9.59 Å². The van der Waals surface area contributed by atoms with Gasteiger partial charge in [-0.1, -0.05) is 11.3 Å². The molecule has 0 unspecified atom stereocenters. The minimum Gasteiger partial charge on any atom is -0.461 e. The minimum absolute atomic E-state index is 0.0392. The number of rotatable bonds is 3. The maximum absolute atomic E-state index is 11.7. The minimum atomic E-state index is -0.638. The highest BCUT2D eigenvalue weighted by Gasteiger charge is 2.25. The predicted octanol–water partition coefficient (Wildman–Crippen LogP) is 1.86. The summed E-state index contributed by atoms with van der Waals surface area (Å²) < 4.78 is 9.91. The molecule has 6 nitrogen and oxygen atoms in total. The Balaban J connectivity index is 2.90. The Morgan fingerprint density at radius 3 is 2.44 bits per heavy atom. The Morgan fingerprint density at radius 2 is 1.94 bits per heavy atom. The summed E-state index contributed by atoms with van der Waals surface area (Å²) in [5.41, 5.74) is 4.96. The zero-order valence-electron chi connectivity index (χ0n) is 10.8. The highest BCUT2D eigenvalue weighted by Crippen LogP contribution is 2.24. The van der Waals surface area contributed by atoms with Crippen molar-refractivity contribution in [2.24, 2.45) is 0 Å². The van der Waals surface area contributed by atoms with Crippen LogP contribution in [0.15, 0.2) is 0 Å². The van der Waals surface area contributed by atoms with Gasteiger partial charge < -0.3 is 15.2 Å². The largest absolute Gasteiger partial charge is 0.461 e. The van der Waals surface area contributed by atoms with Crippen molar-refractivity contribution in [1.82, 2.24) is 4.98 Å². The summed E-state index contributed by atoms with van der Waals surface area (Å²) in [5, 5.41) is 0.194. The van der Waals surface area contributed by atoms with Crippen LogP contribution in [0, 0.1) is 0 Å². The van der Waals surface area contributed by atoms with Crippen LogP contribution >= 0.6 is 11.3 Å². The maximum atomic E-state index is 11.7. The maximum Gasteiger partial charge on any atom is 0.368 e. The Morgan fingerprint density at radius 1 is 1.33 bits per heavy atom. The molecule has 0 aliphatic carbocycles. The summed E-state index contributed by atoms with van der Waals surface area (Å²) in [7, 11) is 0. The molecule has 0 amide bonds. The van der Waals surface area contributed by atoms with Gasteiger partial charge in [0, 0.05) is 0 Å². The van der Waals surface area contributed by atoms with Crippen LogP contribution in [0.4, 0.5) is 5.00 Å². The lowest BCUT2D eigenvalue weighted by atomic mass is 10.2. The van der Waals surface area contributed by atoms with Crippen molar-refractivity contribution in [2.75, 3.05) is 12.3 Å². The Labute approximate surface area is 109 Å². The van der Waals surface area contributed by atoms with Gasteiger partial charge in [-0.15, -0.1) is 0 Å². The van der Waals surface area contributed by atoms with Crippen molar-refractivity contribution in [2.45, 2.75) is 33.3 Å². The number of carbonyl (C=O) groups excluding carboxylic acids is 2. The molecule has 0 aliphatic heterocycles. The number of ether oxygens (including phenoxy) is 2. The van der Waals surface area contributed by atoms with Crippen LogP contribution in [0.1, 0.15) is 48.0 Å². The summed E-state index contributed by atoms with van der Waals surface area (Å²) in [6, 6.07) is 0. The molecule has 0 aliphatic rings. The molecule has 1 aromatic rings. The van der Waals surface area contributed by atoms with E-state index >= 15 is 0 Å². The van der Waals surface area contributed by atoms with Gasteiger partial charge in [0.25, 0.3) is 0 Å². The number of nitrogen functional groups attached to an aromatic ring is 1. The lowest BCUT2D eigenvalue weighted by molar-refractivity contribution is 0.00691. The molecule has 0 bridgehead atoms. The van der Waals surface area contributed by atoms with Crippen molar-refractivity contribution in [1.29, 1.82) is 0 Å². The lowest BCUT2D eigenvalue weighted by Gasteiger charge is -2.18. The van der Waals surface area contributed by atoms with Gasteiger partial charge in [0.1, 0.15) is 10.6 Å². The number of nitrogens with two attached hydrogens (primary N) is 1. The number of hydrogen-bond acceptors (Lipinski definition) is 7. The summed E-state index contributed by atoms with van der Waals surface area (Å²) in [6.07, 6.45) is 0. The van der Waals surface area contributed by atoms with Crippen molar-refractivity contribution < 1.29 is 19.1 Å². The van der Waals surface area contributed by atoms with Crippen molar-refractivity contribution in [3.8, 4) is 0 Å². The van der Waals surface area contributed by atoms with Gasteiger partial charge in [-0.25, -0.2) is 14.6 Å². The van der Waals surface area contributed by atoms with Gasteiger partial charge in [0.15, 0.2) is 5.69 Å². The number of nitrogens with zero attached hydrogens (tertiary/aromatic N) is 1. The second-order valence-corrected chi connectivity index (χ2v) is 5.48. The topological polar surface area (TPSA) is 91.5 Å².